The van der Waals surface area contributed by atoms with Crippen LogP contribution in [0.2, 0.25) is 0 Å². The third-order valence-electron chi connectivity index (χ3n) is 5.03. The van der Waals surface area contributed by atoms with Crippen LogP contribution in [0.4, 0.5) is 0 Å². The molecule has 130 valence electrons. The summed E-state index contributed by atoms with van der Waals surface area (Å²) in [5, 5.41) is 1.81. The quantitative estimate of drug-likeness (QED) is 0.767. The standard InChI is InChI=1S/C17H21NO5S/c1-3-21-15-14-17(16(19)22-15,13-5-4-10-18(13)23-14)24(20)12-8-6-11(2)7-9-12/h6-9,13-15H,3-5,10H2,1-2H3/t13-,14+,15+,17-,24+/m1/s1. The summed E-state index contributed by atoms with van der Waals surface area (Å²) in [6.07, 6.45) is 0.207. The molecule has 0 amide bonds. The SMILES string of the molecule is CCO[C@H]1OC(=O)[C@]2([S@@](=O)c3ccc(C)cc3)[C@H]1ON1CCC[C@@H]12. The molecule has 1 aromatic rings. The van der Waals surface area contributed by atoms with Crippen LogP contribution in [0.3, 0.4) is 0 Å². The largest absolute Gasteiger partial charge is 0.431 e. The zero-order valence-electron chi connectivity index (χ0n) is 13.8. The Morgan fingerprint density at radius 3 is 2.83 bits per heavy atom. The molecule has 0 aromatic heterocycles. The molecule has 0 spiro atoms. The lowest BCUT2D eigenvalue weighted by molar-refractivity contribution is -0.226. The second kappa shape index (κ2) is 5.91. The second-order valence-electron chi connectivity index (χ2n) is 6.43. The first-order chi connectivity index (χ1) is 11.6. The number of ether oxygens (including phenoxy) is 2. The molecule has 24 heavy (non-hydrogen) atoms. The van der Waals surface area contributed by atoms with Crippen molar-refractivity contribution in [3.05, 3.63) is 29.8 Å². The van der Waals surface area contributed by atoms with Gasteiger partial charge in [-0.15, -0.1) is 0 Å². The summed E-state index contributed by atoms with van der Waals surface area (Å²) >= 11 is 0. The number of aryl methyl sites for hydroxylation is 1. The Morgan fingerprint density at radius 2 is 2.12 bits per heavy atom. The number of hydrogen-bond acceptors (Lipinski definition) is 6. The number of benzene rings is 1. The number of hydrogen-bond donors (Lipinski definition) is 0. The van der Waals surface area contributed by atoms with E-state index >= 15 is 0 Å². The van der Waals surface area contributed by atoms with Gasteiger partial charge in [0, 0.05) is 18.0 Å². The lowest BCUT2D eigenvalue weighted by atomic mass is 9.94. The maximum atomic E-state index is 13.5. The van der Waals surface area contributed by atoms with Gasteiger partial charge in [-0.1, -0.05) is 17.7 Å². The topological polar surface area (TPSA) is 65.1 Å². The molecule has 6 nitrogen and oxygen atoms in total. The fraction of sp³-hybridized carbons (Fsp3) is 0.588. The molecule has 4 rings (SSSR count). The third kappa shape index (κ3) is 2.12. The van der Waals surface area contributed by atoms with Gasteiger partial charge in [0.05, 0.1) is 16.8 Å². The second-order valence-corrected chi connectivity index (χ2v) is 8.11. The van der Waals surface area contributed by atoms with Gasteiger partial charge >= 0.3 is 5.97 Å². The smallest absolute Gasteiger partial charge is 0.332 e. The van der Waals surface area contributed by atoms with Crippen LogP contribution in [-0.4, -0.2) is 51.6 Å². The molecular formula is C17H21NO5S. The molecule has 3 fully saturated rings. The summed E-state index contributed by atoms with van der Waals surface area (Å²) < 4.78 is 23.3. The summed E-state index contributed by atoms with van der Waals surface area (Å²) in [5.74, 6) is -0.473. The Hall–Kier alpha value is -1.28. The lowest BCUT2D eigenvalue weighted by Gasteiger charge is -2.27. The highest BCUT2D eigenvalue weighted by Gasteiger charge is 2.73. The fourth-order valence-corrected chi connectivity index (χ4v) is 5.74. The van der Waals surface area contributed by atoms with Crippen molar-refractivity contribution in [2.75, 3.05) is 13.2 Å². The van der Waals surface area contributed by atoms with E-state index in [0.717, 1.165) is 24.9 Å². The Kier molecular flexibility index (Phi) is 3.99. The van der Waals surface area contributed by atoms with Gasteiger partial charge < -0.3 is 9.47 Å². The van der Waals surface area contributed by atoms with Crippen molar-refractivity contribution in [3.63, 3.8) is 0 Å². The molecule has 7 heteroatoms. The summed E-state index contributed by atoms with van der Waals surface area (Å²) in [6, 6.07) is 7.21. The van der Waals surface area contributed by atoms with E-state index in [9.17, 15) is 9.00 Å². The van der Waals surface area contributed by atoms with Crippen LogP contribution in [0.15, 0.2) is 29.2 Å². The zero-order chi connectivity index (χ0) is 16.9. The number of cyclic esters (lactones) is 1. The average molecular weight is 351 g/mol. The molecule has 0 N–H and O–H groups in total. The minimum Gasteiger partial charge on any atom is -0.431 e. The minimum absolute atomic E-state index is 0.234. The van der Waals surface area contributed by atoms with E-state index < -0.39 is 33.9 Å². The van der Waals surface area contributed by atoms with Gasteiger partial charge in [0.2, 0.25) is 6.29 Å². The van der Waals surface area contributed by atoms with Crippen molar-refractivity contribution in [2.24, 2.45) is 0 Å². The highest BCUT2D eigenvalue weighted by molar-refractivity contribution is 7.87. The van der Waals surface area contributed by atoms with E-state index in [2.05, 4.69) is 0 Å². The zero-order valence-corrected chi connectivity index (χ0v) is 14.6. The first-order valence-corrected chi connectivity index (χ1v) is 9.48. The summed E-state index contributed by atoms with van der Waals surface area (Å²) in [4.78, 5) is 19.5. The molecule has 5 atom stereocenters. The first-order valence-electron chi connectivity index (χ1n) is 8.33. The highest BCUT2D eigenvalue weighted by atomic mass is 32.2. The molecule has 3 saturated heterocycles. The van der Waals surface area contributed by atoms with Crippen molar-refractivity contribution in [1.82, 2.24) is 5.06 Å². The third-order valence-corrected chi connectivity index (χ3v) is 7.02. The van der Waals surface area contributed by atoms with Crippen LogP contribution in [0, 0.1) is 6.92 Å². The van der Waals surface area contributed by atoms with Gasteiger partial charge in [-0.3, -0.25) is 13.8 Å². The number of rotatable bonds is 4. The molecule has 0 aliphatic carbocycles. The molecule has 3 aliphatic rings. The number of carbonyl (C=O) groups is 1. The predicted molar refractivity (Wildman–Crippen MR) is 86.4 cm³/mol. The molecule has 0 saturated carbocycles. The van der Waals surface area contributed by atoms with Crippen molar-refractivity contribution >= 4 is 16.8 Å². The first kappa shape index (κ1) is 16.2. The van der Waals surface area contributed by atoms with Crippen molar-refractivity contribution < 1.29 is 23.3 Å². The lowest BCUT2D eigenvalue weighted by Crippen LogP contribution is -2.54. The van der Waals surface area contributed by atoms with E-state index in [1.165, 1.54) is 0 Å². The maximum Gasteiger partial charge on any atom is 0.332 e. The van der Waals surface area contributed by atoms with E-state index in [1.807, 2.05) is 43.2 Å². The number of hydroxylamine groups is 2. The van der Waals surface area contributed by atoms with Gasteiger partial charge in [0.1, 0.15) is 0 Å². The van der Waals surface area contributed by atoms with Crippen molar-refractivity contribution in [2.45, 2.75) is 54.8 Å². The van der Waals surface area contributed by atoms with Crippen LogP contribution in [-0.2, 0) is 29.9 Å². The molecule has 0 radical (unpaired) electrons. The number of nitrogens with zero attached hydrogens (tertiary/aromatic N) is 1. The Labute approximate surface area is 143 Å². The van der Waals surface area contributed by atoms with E-state index in [-0.39, 0.29) is 6.04 Å². The van der Waals surface area contributed by atoms with Crippen LogP contribution in [0.25, 0.3) is 0 Å². The Morgan fingerprint density at radius 1 is 1.38 bits per heavy atom. The normalized spacial score (nSPS) is 36.4. The van der Waals surface area contributed by atoms with Crippen LogP contribution in [0.5, 0.6) is 0 Å². The van der Waals surface area contributed by atoms with Crippen molar-refractivity contribution in [1.29, 1.82) is 0 Å². The molecular weight excluding hydrogens is 330 g/mol. The Bertz CT molecular complexity index is 678. The number of carbonyl (C=O) groups excluding carboxylic acids is 1. The maximum absolute atomic E-state index is 13.5. The molecule has 0 unspecified atom stereocenters. The molecule has 3 aliphatic heterocycles. The van der Waals surface area contributed by atoms with Crippen molar-refractivity contribution in [3.8, 4) is 0 Å². The monoisotopic (exact) mass is 351 g/mol. The van der Waals surface area contributed by atoms with E-state index in [0.29, 0.717) is 11.5 Å². The molecule has 0 bridgehead atoms. The van der Waals surface area contributed by atoms with Gasteiger partial charge in [0.15, 0.2) is 10.9 Å². The van der Waals surface area contributed by atoms with Gasteiger partial charge in [-0.25, -0.2) is 0 Å². The predicted octanol–water partition coefficient (Wildman–Crippen LogP) is 1.54. The molecule has 1 aromatic carbocycles. The number of fused-ring (bicyclic) bond motifs is 3. The summed E-state index contributed by atoms with van der Waals surface area (Å²) in [6.45, 7) is 4.94. The van der Waals surface area contributed by atoms with Crippen LogP contribution in [0.1, 0.15) is 25.3 Å². The van der Waals surface area contributed by atoms with Crippen LogP contribution >= 0.6 is 0 Å². The highest BCUT2D eigenvalue weighted by Crippen LogP contribution is 2.50. The van der Waals surface area contributed by atoms with E-state index in [4.69, 9.17) is 14.3 Å². The minimum atomic E-state index is -1.58. The fourth-order valence-electron chi connectivity index (χ4n) is 3.92. The van der Waals surface area contributed by atoms with Gasteiger partial charge in [-0.2, -0.15) is 5.06 Å². The van der Waals surface area contributed by atoms with E-state index in [1.54, 1.807) is 0 Å². The summed E-state index contributed by atoms with van der Waals surface area (Å²) in [7, 11) is -1.58. The summed E-state index contributed by atoms with van der Waals surface area (Å²) in [5.41, 5.74) is 1.08. The average Bonchev–Trinajstić information content (AvgIpc) is 3.20. The number of esters is 1. The van der Waals surface area contributed by atoms with Crippen LogP contribution < -0.4 is 0 Å². The van der Waals surface area contributed by atoms with Gasteiger partial charge in [0.25, 0.3) is 0 Å². The van der Waals surface area contributed by atoms with Gasteiger partial charge in [-0.05, 0) is 38.8 Å². The molecule has 3 heterocycles. The Balaban J connectivity index is 1.79.